The highest BCUT2D eigenvalue weighted by Gasteiger charge is 2.10. The highest BCUT2D eigenvalue weighted by molar-refractivity contribution is 5.89. The molecule has 6 nitrogen and oxygen atoms in total. The van der Waals surface area contributed by atoms with Crippen LogP contribution in [0.1, 0.15) is 19.3 Å². The number of carbonyl (C=O) groups excluding carboxylic acids is 1. The van der Waals surface area contributed by atoms with Gasteiger partial charge in [0, 0.05) is 30.5 Å². The third-order valence-electron chi connectivity index (χ3n) is 4.54. The number of methoxy groups -OCH3 is 1. The molecule has 3 rings (SSSR count). The van der Waals surface area contributed by atoms with E-state index in [0.717, 1.165) is 24.5 Å². The Kier molecular flexibility index (Phi) is 6.79. The first-order chi connectivity index (χ1) is 13.2. The maximum atomic E-state index is 12.0. The number of anilines is 2. The summed E-state index contributed by atoms with van der Waals surface area (Å²) >= 11 is 0. The van der Waals surface area contributed by atoms with Crippen molar-refractivity contribution in [3.8, 4) is 11.5 Å². The molecule has 1 aliphatic rings. The minimum Gasteiger partial charge on any atom is -0.497 e. The summed E-state index contributed by atoms with van der Waals surface area (Å²) in [4.78, 5) is 14.4. The molecule has 1 aliphatic heterocycles. The van der Waals surface area contributed by atoms with E-state index in [2.05, 4.69) is 27.7 Å². The second-order valence-corrected chi connectivity index (χ2v) is 6.50. The average molecular weight is 369 g/mol. The van der Waals surface area contributed by atoms with Crippen LogP contribution in [0, 0.1) is 0 Å². The SMILES string of the molecule is COc1cccc(OCCNC(=O)Nc2ccc(N3CCCCC3)cc2)c1. The Hall–Kier alpha value is -2.89. The largest absolute Gasteiger partial charge is 0.497 e. The molecule has 0 unspecified atom stereocenters. The number of rotatable bonds is 7. The number of piperidine rings is 1. The zero-order chi connectivity index (χ0) is 18.9. The minimum absolute atomic E-state index is 0.241. The number of nitrogens with one attached hydrogen (secondary N) is 2. The second kappa shape index (κ2) is 9.71. The van der Waals surface area contributed by atoms with Crippen LogP contribution in [0.25, 0.3) is 0 Å². The van der Waals surface area contributed by atoms with Crippen LogP contribution in [-0.4, -0.2) is 39.4 Å². The molecule has 0 bridgehead atoms. The van der Waals surface area contributed by atoms with Gasteiger partial charge >= 0.3 is 6.03 Å². The third kappa shape index (κ3) is 5.81. The summed E-state index contributed by atoms with van der Waals surface area (Å²) in [6.45, 7) is 3.02. The van der Waals surface area contributed by atoms with Crippen LogP contribution in [0.4, 0.5) is 16.2 Å². The van der Waals surface area contributed by atoms with Crippen LogP contribution < -0.4 is 25.0 Å². The Bertz CT molecular complexity index is 728. The smallest absolute Gasteiger partial charge is 0.319 e. The summed E-state index contributed by atoms with van der Waals surface area (Å²) in [5.41, 5.74) is 1.99. The summed E-state index contributed by atoms with van der Waals surface area (Å²) in [7, 11) is 1.62. The molecule has 144 valence electrons. The van der Waals surface area contributed by atoms with Crippen molar-refractivity contribution in [1.82, 2.24) is 5.32 Å². The monoisotopic (exact) mass is 369 g/mol. The maximum Gasteiger partial charge on any atom is 0.319 e. The molecule has 0 saturated carbocycles. The van der Waals surface area contributed by atoms with Crippen molar-refractivity contribution >= 4 is 17.4 Å². The number of hydrogen-bond donors (Lipinski definition) is 2. The molecule has 2 aromatic rings. The maximum absolute atomic E-state index is 12.0. The van der Waals surface area contributed by atoms with Crippen molar-refractivity contribution in [2.24, 2.45) is 0 Å². The molecular weight excluding hydrogens is 342 g/mol. The van der Waals surface area contributed by atoms with Gasteiger partial charge in [-0.25, -0.2) is 4.79 Å². The van der Waals surface area contributed by atoms with Crippen molar-refractivity contribution in [3.63, 3.8) is 0 Å². The van der Waals surface area contributed by atoms with Gasteiger partial charge in [-0.05, 0) is 55.7 Å². The molecule has 2 N–H and O–H groups in total. The molecule has 6 heteroatoms. The first-order valence-electron chi connectivity index (χ1n) is 9.41. The number of urea groups is 1. The summed E-state index contributed by atoms with van der Waals surface area (Å²) in [5.74, 6) is 1.45. The van der Waals surface area contributed by atoms with E-state index < -0.39 is 0 Å². The van der Waals surface area contributed by atoms with E-state index in [1.165, 1.54) is 24.9 Å². The number of amides is 2. The van der Waals surface area contributed by atoms with Crippen LogP contribution in [0.5, 0.6) is 11.5 Å². The van der Waals surface area contributed by atoms with E-state index in [9.17, 15) is 4.79 Å². The van der Waals surface area contributed by atoms with E-state index in [1.807, 2.05) is 36.4 Å². The standard InChI is InChI=1S/C21H27N3O3/c1-26-19-6-5-7-20(16-19)27-15-12-22-21(25)23-17-8-10-18(11-9-17)24-13-3-2-4-14-24/h5-11,16H,2-4,12-15H2,1H3,(H2,22,23,25). The molecule has 2 amide bonds. The van der Waals surface area contributed by atoms with Crippen molar-refractivity contribution in [2.75, 3.05) is 43.6 Å². The van der Waals surface area contributed by atoms with Gasteiger partial charge < -0.3 is 25.0 Å². The number of nitrogens with zero attached hydrogens (tertiary/aromatic N) is 1. The normalized spacial score (nSPS) is 13.7. The molecule has 2 aromatic carbocycles. The molecule has 1 heterocycles. The van der Waals surface area contributed by atoms with Crippen molar-refractivity contribution < 1.29 is 14.3 Å². The van der Waals surface area contributed by atoms with Gasteiger partial charge in [0.2, 0.25) is 0 Å². The van der Waals surface area contributed by atoms with Crippen molar-refractivity contribution in [3.05, 3.63) is 48.5 Å². The van der Waals surface area contributed by atoms with E-state index >= 15 is 0 Å². The average Bonchev–Trinajstić information content (AvgIpc) is 2.72. The summed E-state index contributed by atoms with van der Waals surface area (Å²) in [6, 6.07) is 15.1. The first kappa shape index (κ1) is 18.9. The molecule has 0 atom stereocenters. The molecule has 0 aromatic heterocycles. The van der Waals surface area contributed by atoms with Gasteiger partial charge in [0.05, 0.1) is 13.7 Å². The Balaban J connectivity index is 1.38. The molecule has 0 aliphatic carbocycles. The fraction of sp³-hybridized carbons (Fsp3) is 0.381. The number of carbonyl (C=O) groups is 1. The highest BCUT2D eigenvalue weighted by Crippen LogP contribution is 2.22. The van der Waals surface area contributed by atoms with Gasteiger partial charge in [0.15, 0.2) is 0 Å². The van der Waals surface area contributed by atoms with Gasteiger partial charge in [-0.3, -0.25) is 0 Å². The van der Waals surface area contributed by atoms with Gasteiger partial charge in [-0.15, -0.1) is 0 Å². The number of ether oxygens (including phenoxy) is 2. The quantitative estimate of drug-likeness (QED) is 0.727. The van der Waals surface area contributed by atoms with E-state index in [-0.39, 0.29) is 6.03 Å². The van der Waals surface area contributed by atoms with E-state index in [4.69, 9.17) is 9.47 Å². The van der Waals surface area contributed by atoms with Crippen molar-refractivity contribution in [1.29, 1.82) is 0 Å². The Morgan fingerprint density at radius 1 is 1.04 bits per heavy atom. The first-order valence-corrected chi connectivity index (χ1v) is 9.41. The lowest BCUT2D eigenvalue weighted by molar-refractivity contribution is 0.247. The van der Waals surface area contributed by atoms with Crippen molar-refractivity contribution in [2.45, 2.75) is 19.3 Å². The van der Waals surface area contributed by atoms with Gasteiger partial charge in [-0.2, -0.15) is 0 Å². The summed E-state index contributed by atoms with van der Waals surface area (Å²) in [6.07, 6.45) is 3.82. The zero-order valence-corrected chi connectivity index (χ0v) is 15.7. The number of benzene rings is 2. The topological polar surface area (TPSA) is 62.8 Å². The van der Waals surface area contributed by atoms with Gasteiger partial charge in [-0.1, -0.05) is 6.07 Å². The fourth-order valence-electron chi connectivity index (χ4n) is 3.11. The van der Waals surface area contributed by atoms with Crippen LogP contribution >= 0.6 is 0 Å². The summed E-state index contributed by atoms with van der Waals surface area (Å²) in [5, 5.41) is 5.64. The van der Waals surface area contributed by atoms with Gasteiger partial charge in [0.25, 0.3) is 0 Å². The Morgan fingerprint density at radius 3 is 2.52 bits per heavy atom. The number of hydrogen-bond acceptors (Lipinski definition) is 4. The van der Waals surface area contributed by atoms with E-state index in [0.29, 0.717) is 18.9 Å². The van der Waals surface area contributed by atoms with Crippen LogP contribution in [0.3, 0.4) is 0 Å². The zero-order valence-electron chi connectivity index (χ0n) is 15.7. The molecule has 0 radical (unpaired) electrons. The second-order valence-electron chi connectivity index (χ2n) is 6.50. The van der Waals surface area contributed by atoms with Crippen LogP contribution in [0.2, 0.25) is 0 Å². The molecule has 1 fully saturated rings. The predicted molar refractivity (Wildman–Crippen MR) is 108 cm³/mol. The Labute approximate surface area is 160 Å². The lowest BCUT2D eigenvalue weighted by Gasteiger charge is -2.28. The lowest BCUT2D eigenvalue weighted by Crippen LogP contribution is -2.32. The highest BCUT2D eigenvalue weighted by atomic mass is 16.5. The minimum atomic E-state index is -0.241. The van der Waals surface area contributed by atoms with Gasteiger partial charge in [0.1, 0.15) is 18.1 Å². The van der Waals surface area contributed by atoms with Crippen LogP contribution in [0.15, 0.2) is 48.5 Å². The van der Waals surface area contributed by atoms with E-state index in [1.54, 1.807) is 7.11 Å². The summed E-state index contributed by atoms with van der Waals surface area (Å²) < 4.78 is 10.8. The van der Waals surface area contributed by atoms with Crippen LogP contribution in [-0.2, 0) is 0 Å². The third-order valence-corrected chi connectivity index (χ3v) is 4.54. The fourth-order valence-corrected chi connectivity index (χ4v) is 3.11. The molecular formula is C21H27N3O3. The molecule has 1 saturated heterocycles. The Morgan fingerprint density at radius 2 is 1.78 bits per heavy atom. The lowest BCUT2D eigenvalue weighted by atomic mass is 10.1. The molecule has 27 heavy (non-hydrogen) atoms. The molecule has 0 spiro atoms. The predicted octanol–water partition coefficient (Wildman–Crippen LogP) is 3.89.